The zero-order chi connectivity index (χ0) is 24.9. The second-order valence-electron chi connectivity index (χ2n) is 8.29. The van der Waals surface area contributed by atoms with Gasteiger partial charge in [0.1, 0.15) is 11.3 Å². The van der Waals surface area contributed by atoms with Crippen molar-refractivity contribution in [3.63, 3.8) is 0 Å². The normalized spacial score (nSPS) is 16.0. The number of benzene rings is 3. The summed E-state index contributed by atoms with van der Waals surface area (Å²) < 4.78 is 5.27. The lowest BCUT2D eigenvalue weighted by molar-refractivity contribution is -0.134. The van der Waals surface area contributed by atoms with E-state index in [0.29, 0.717) is 16.8 Å². The smallest absolute Gasteiger partial charge is 0.349 e. The molecule has 0 radical (unpaired) electrons. The molecule has 0 aromatic heterocycles. The van der Waals surface area contributed by atoms with E-state index < -0.39 is 29.1 Å². The number of aliphatic imine (C=N–C) groups is 1. The number of allylic oxidation sites excluding steroid dienone is 2. The van der Waals surface area contributed by atoms with Crippen LogP contribution >= 0.6 is 0 Å². The molecule has 5 rings (SSSR count). The molecule has 7 heteroatoms. The average molecular weight is 465 g/mol. The SMILES string of the molecule is Cc1ccc(C)c(N=C2C(C(=O)OC3=C(O)C(=O)c4ccccc4C3=O)=C(O)c3ccccc32)c1. The molecular weight excluding hydrogens is 446 g/mol. The van der Waals surface area contributed by atoms with Crippen LogP contribution in [0.2, 0.25) is 0 Å². The molecule has 0 fully saturated rings. The Bertz CT molecular complexity index is 1560. The Morgan fingerprint density at radius 3 is 2.06 bits per heavy atom. The number of Topliss-reactive ketones (excluding diaryl/α,β-unsaturated/α-hetero) is 2. The maximum absolute atomic E-state index is 13.3. The van der Waals surface area contributed by atoms with Crippen molar-refractivity contribution in [3.05, 3.63) is 117 Å². The fourth-order valence-corrected chi connectivity index (χ4v) is 4.13. The zero-order valence-corrected chi connectivity index (χ0v) is 18.8. The average Bonchev–Trinajstić information content (AvgIpc) is 3.14. The van der Waals surface area contributed by atoms with Crippen LogP contribution in [0.3, 0.4) is 0 Å². The number of aliphatic hydroxyl groups is 2. The van der Waals surface area contributed by atoms with Crippen molar-refractivity contribution in [2.24, 2.45) is 4.99 Å². The third-order valence-electron chi connectivity index (χ3n) is 5.96. The van der Waals surface area contributed by atoms with Crippen LogP contribution in [0.25, 0.3) is 5.76 Å². The molecule has 7 nitrogen and oxygen atoms in total. The number of fused-ring (bicyclic) bond motifs is 2. The number of ketones is 2. The van der Waals surface area contributed by atoms with E-state index in [1.54, 1.807) is 36.4 Å². The molecular formula is C28H19NO6. The van der Waals surface area contributed by atoms with Gasteiger partial charge in [-0.3, -0.25) is 9.59 Å². The van der Waals surface area contributed by atoms with Crippen molar-refractivity contribution in [3.8, 4) is 0 Å². The molecule has 3 aromatic carbocycles. The minimum absolute atomic E-state index is 0.00952. The number of hydrogen-bond acceptors (Lipinski definition) is 7. The van der Waals surface area contributed by atoms with E-state index in [1.807, 2.05) is 32.0 Å². The first kappa shape index (κ1) is 22.0. The van der Waals surface area contributed by atoms with Crippen LogP contribution in [0, 0.1) is 13.8 Å². The summed E-state index contributed by atoms with van der Waals surface area (Å²) >= 11 is 0. The van der Waals surface area contributed by atoms with E-state index >= 15 is 0 Å². The number of carbonyl (C=O) groups excluding carboxylic acids is 3. The van der Waals surface area contributed by atoms with Crippen LogP contribution in [0.5, 0.6) is 0 Å². The molecule has 2 aliphatic carbocycles. The van der Waals surface area contributed by atoms with Crippen LogP contribution < -0.4 is 0 Å². The highest BCUT2D eigenvalue weighted by Crippen LogP contribution is 2.36. The highest BCUT2D eigenvalue weighted by atomic mass is 16.5. The van der Waals surface area contributed by atoms with Gasteiger partial charge in [0.15, 0.2) is 0 Å². The fraction of sp³-hybridized carbons (Fsp3) is 0.0714. The molecule has 2 aliphatic rings. The quantitative estimate of drug-likeness (QED) is 0.521. The van der Waals surface area contributed by atoms with Crippen LogP contribution in [-0.4, -0.2) is 33.5 Å². The van der Waals surface area contributed by atoms with Crippen molar-refractivity contribution in [1.82, 2.24) is 0 Å². The predicted molar refractivity (Wildman–Crippen MR) is 129 cm³/mol. The second kappa shape index (κ2) is 8.22. The van der Waals surface area contributed by atoms with Crippen molar-refractivity contribution < 1.29 is 29.3 Å². The van der Waals surface area contributed by atoms with Gasteiger partial charge in [0.05, 0.1) is 11.4 Å². The molecule has 3 aromatic rings. The first-order valence-corrected chi connectivity index (χ1v) is 10.8. The van der Waals surface area contributed by atoms with Gasteiger partial charge >= 0.3 is 5.97 Å². The molecule has 0 atom stereocenters. The van der Waals surface area contributed by atoms with Crippen LogP contribution in [-0.2, 0) is 9.53 Å². The largest absolute Gasteiger partial charge is 0.506 e. The third kappa shape index (κ3) is 3.54. The van der Waals surface area contributed by atoms with Gasteiger partial charge in [0, 0.05) is 22.3 Å². The zero-order valence-electron chi connectivity index (χ0n) is 18.8. The summed E-state index contributed by atoms with van der Waals surface area (Å²) in [6.45, 7) is 3.78. The minimum Gasteiger partial charge on any atom is -0.506 e. The standard InChI is InChI=1S/C28H19NO6/c1-14-11-12-15(2)20(13-14)29-22-16-7-3-4-8-17(16)23(30)21(22)28(34)35-27-25(32)19-10-6-5-9-18(19)24(31)26(27)33/h3-13,30,33H,1-2H3. The van der Waals surface area contributed by atoms with Gasteiger partial charge in [-0.15, -0.1) is 0 Å². The Labute approximate surface area is 200 Å². The Balaban J connectivity index is 1.60. The van der Waals surface area contributed by atoms with Crippen LogP contribution in [0.4, 0.5) is 5.69 Å². The Morgan fingerprint density at radius 1 is 0.771 bits per heavy atom. The van der Waals surface area contributed by atoms with Gasteiger partial charge in [-0.25, -0.2) is 9.79 Å². The highest BCUT2D eigenvalue weighted by Gasteiger charge is 2.39. The number of carbonyl (C=O) groups is 3. The molecule has 0 spiro atoms. The summed E-state index contributed by atoms with van der Waals surface area (Å²) in [5.41, 5.74) is 3.19. The number of ether oxygens (including phenoxy) is 1. The Kier molecular flexibility index (Phi) is 5.17. The summed E-state index contributed by atoms with van der Waals surface area (Å²) in [6.07, 6.45) is 0. The van der Waals surface area contributed by atoms with Gasteiger partial charge in [-0.05, 0) is 31.0 Å². The van der Waals surface area contributed by atoms with Crippen LogP contribution in [0.1, 0.15) is 43.0 Å². The molecule has 172 valence electrons. The first-order valence-electron chi connectivity index (χ1n) is 10.8. The van der Waals surface area contributed by atoms with Crippen molar-refractivity contribution in [1.29, 1.82) is 0 Å². The Morgan fingerprint density at radius 2 is 1.37 bits per heavy atom. The number of hydrogen-bond donors (Lipinski definition) is 2. The maximum Gasteiger partial charge on any atom is 0.349 e. The highest BCUT2D eigenvalue weighted by molar-refractivity contribution is 6.36. The molecule has 0 unspecified atom stereocenters. The lowest BCUT2D eigenvalue weighted by Crippen LogP contribution is -2.26. The lowest BCUT2D eigenvalue weighted by atomic mass is 9.92. The fourth-order valence-electron chi connectivity index (χ4n) is 4.13. The predicted octanol–water partition coefficient (Wildman–Crippen LogP) is 5.10. The second-order valence-corrected chi connectivity index (χ2v) is 8.29. The maximum atomic E-state index is 13.3. The first-order chi connectivity index (χ1) is 16.8. The van der Waals surface area contributed by atoms with Crippen molar-refractivity contribution in [2.45, 2.75) is 13.8 Å². The molecule has 35 heavy (non-hydrogen) atoms. The van der Waals surface area contributed by atoms with Gasteiger partial charge in [0.25, 0.3) is 0 Å². The number of rotatable bonds is 3. The van der Waals surface area contributed by atoms with E-state index in [4.69, 9.17) is 4.74 Å². The topological polar surface area (TPSA) is 113 Å². The molecule has 0 bridgehead atoms. The summed E-state index contributed by atoms with van der Waals surface area (Å²) in [7, 11) is 0. The summed E-state index contributed by atoms with van der Waals surface area (Å²) in [4.78, 5) is 43.5. The van der Waals surface area contributed by atoms with E-state index in [2.05, 4.69) is 4.99 Å². The number of nitrogens with zero attached hydrogens (tertiary/aromatic N) is 1. The van der Waals surface area contributed by atoms with E-state index in [0.717, 1.165) is 11.1 Å². The van der Waals surface area contributed by atoms with E-state index in [1.165, 1.54) is 12.1 Å². The summed E-state index contributed by atoms with van der Waals surface area (Å²) in [6, 6.07) is 18.4. The van der Waals surface area contributed by atoms with Gasteiger partial charge in [-0.2, -0.15) is 0 Å². The minimum atomic E-state index is -1.12. The van der Waals surface area contributed by atoms with Crippen molar-refractivity contribution >= 4 is 34.7 Å². The lowest BCUT2D eigenvalue weighted by Gasteiger charge is -2.17. The summed E-state index contributed by atoms with van der Waals surface area (Å²) in [5.74, 6) is -4.89. The van der Waals surface area contributed by atoms with Crippen LogP contribution in [0.15, 0.2) is 88.8 Å². The van der Waals surface area contributed by atoms with Crippen molar-refractivity contribution in [2.75, 3.05) is 0 Å². The van der Waals surface area contributed by atoms with Gasteiger partial charge < -0.3 is 14.9 Å². The van der Waals surface area contributed by atoms with Gasteiger partial charge in [0.2, 0.25) is 23.1 Å². The van der Waals surface area contributed by atoms with E-state index in [9.17, 15) is 24.6 Å². The molecule has 0 aliphatic heterocycles. The molecule has 0 saturated carbocycles. The molecule has 0 saturated heterocycles. The number of aryl methyl sites for hydroxylation is 2. The van der Waals surface area contributed by atoms with Gasteiger partial charge in [-0.1, -0.05) is 60.7 Å². The molecule has 2 N–H and O–H groups in total. The van der Waals surface area contributed by atoms with E-state index in [-0.39, 0.29) is 28.2 Å². The molecule has 0 amide bonds. The number of esters is 1. The monoisotopic (exact) mass is 465 g/mol. The third-order valence-corrected chi connectivity index (χ3v) is 5.96. The number of aliphatic hydroxyl groups excluding tert-OH is 2. The summed E-state index contributed by atoms with van der Waals surface area (Å²) in [5, 5.41) is 21.3. The molecule has 0 heterocycles. The Hall–Kier alpha value is -4.78.